The molecule has 1 aliphatic rings. The molecule has 0 radical (unpaired) electrons. The average Bonchev–Trinajstić information content (AvgIpc) is 3.19. The third-order valence-electron chi connectivity index (χ3n) is 2.48. The van der Waals surface area contributed by atoms with Gasteiger partial charge < -0.3 is 5.32 Å². The summed E-state index contributed by atoms with van der Waals surface area (Å²) in [4.78, 5) is 4.24. The highest BCUT2D eigenvalue weighted by Crippen LogP contribution is 2.39. The second kappa shape index (κ2) is 10.3. The number of pyridine rings is 1. The summed E-state index contributed by atoms with van der Waals surface area (Å²) in [5.74, 6) is 0.841. The molecule has 1 fully saturated rings. The SMILES string of the molecule is CC.CCCNC.Cc1ccc(C2CC2)cn1. The van der Waals surface area contributed by atoms with Gasteiger partial charge in [-0.15, -0.1) is 0 Å². The van der Waals surface area contributed by atoms with Gasteiger partial charge in [0.1, 0.15) is 0 Å². The molecule has 0 aliphatic heterocycles. The van der Waals surface area contributed by atoms with E-state index in [-0.39, 0.29) is 0 Å². The molecule has 17 heavy (non-hydrogen) atoms. The Morgan fingerprint density at radius 1 is 1.29 bits per heavy atom. The molecule has 1 heterocycles. The Hall–Kier alpha value is -0.890. The molecule has 0 amide bonds. The van der Waals surface area contributed by atoms with Crippen molar-refractivity contribution in [3.8, 4) is 0 Å². The van der Waals surface area contributed by atoms with E-state index in [9.17, 15) is 0 Å². The summed E-state index contributed by atoms with van der Waals surface area (Å²) in [6, 6.07) is 4.29. The normalized spacial score (nSPS) is 13.0. The molecule has 0 atom stereocenters. The van der Waals surface area contributed by atoms with E-state index in [4.69, 9.17) is 0 Å². The Morgan fingerprint density at radius 3 is 2.24 bits per heavy atom. The van der Waals surface area contributed by atoms with Crippen molar-refractivity contribution in [1.29, 1.82) is 0 Å². The predicted octanol–water partition coefficient (Wildman–Crippen LogP) is 3.91. The number of nitrogens with one attached hydrogen (secondary N) is 1. The Kier molecular flexibility index (Phi) is 9.74. The van der Waals surface area contributed by atoms with Crippen molar-refractivity contribution in [3.63, 3.8) is 0 Å². The van der Waals surface area contributed by atoms with E-state index in [1.54, 1.807) is 0 Å². The maximum atomic E-state index is 4.24. The van der Waals surface area contributed by atoms with Gasteiger partial charge in [-0.05, 0) is 57.3 Å². The van der Waals surface area contributed by atoms with Gasteiger partial charge in [-0.25, -0.2) is 0 Å². The maximum Gasteiger partial charge on any atom is 0.0372 e. The minimum absolute atomic E-state index is 0.841. The monoisotopic (exact) mass is 236 g/mol. The maximum absolute atomic E-state index is 4.24. The molecule has 1 aromatic rings. The summed E-state index contributed by atoms with van der Waals surface area (Å²) in [5.41, 5.74) is 2.54. The third kappa shape index (κ3) is 7.92. The third-order valence-corrected chi connectivity index (χ3v) is 2.48. The Morgan fingerprint density at radius 2 is 1.94 bits per heavy atom. The molecular formula is C15H28N2. The fourth-order valence-electron chi connectivity index (χ4n) is 1.39. The van der Waals surface area contributed by atoms with Gasteiger partial charge in [0.25, 0.3) is 0 Å². The molecule has 1 saturated carbocycles. The van der Waals surface area contributed by atoms with Gasteiger partial charge in [0.2, 0.25) is 0 Å². The van der Waals surface area contributed by atoms with Crippen molar-refractivity contribution in [1.82, 2.24) is 10.3 Å². The zero-order valence-electron chi connectivity index (χ0n) is 12.1. The molecule has 1 N–H and O–H groups in total. The highest BCUT2D eigenvalue weighted by Gasteiger charge is 2.23. The number of nitrogens with zero attached hydrogens (tertiary/aromatic N) is 1. The van der Waals surface area contributed by atoms with Crippen LogP contribution in [-0.4, -0.2) is 18.6 Å². The van der Waals surface area contributed by atoms with Crippen molar-refractivity contribution in [2.75, 3.05) is 13.6 Å². The number of rotatable bonds is 3. The Balaban J connectivity index is 0.000000315. The first kappa shape index (κ1) is 16.1. The number of aromatic nitrogens is 1. The van der Waals surface area contributed by atoms with Crippen LogP contribution in [0.3, 0.4) is 0 Å². The minimum atomic E-state index is 0.841. The zero-order valence-corrected chi connectivity index (χ0v) is 12.1. The van der Waals surface area contributed by atoms with Crippen LogP contribution in [0.1, 0.15) is 57.2 Å². The molecular weight excluding hydrogens is 208 g/mol. The van der Waals surface area contributed by atoms with Crippen LogP contribution < -0.4 is 5.32 Å². The van der Waals surface area contributed by atoms with Crippen LogP contribution in [0.15, 0.2) is 18.3 Å². The van der Waals surface area contributed by atoms with Crippen LogP contribution in [0.2, 0.25) is 0 Å². The fraction of sp³-hybridized carbons (Fsp3) is 0.667. The lowest BCUT2D eigenvalue weighted by atomic mass is 10.2. The van der Waals surface area contributed by atoms with E-state index in [0.29, 0.717) is 0 Å². The lowest BCUT2D eigenvalue weighted by molar-refractivity contribution is 0.772. The molecule has 0 saturated heterocycles. The van der Waals surface area contributed by atoms with Crippen molar-refractivity contribution in [2.45, 2.75) is 52.9 Å². The predicted molar refractivity (Wildman–Crippen MR) is 76.5 cm³/mol. The molecule has 98 valence electrons. The van der Waals surface area contributed by atoms with Crippen LogP contribution in [0.5, 0.6) is 0 Å². The van der Waals surface area contributed by atoms with Crippen molar-refractivity contribution in [3.05, 3.63) is 29.6 Å². The van der Waals surface area contributed by atoms with Gasteiger partial charge in [0, 0.05) is 11.9 Å². The molecule has 0 spiro atoms. The molecule has 2 nitrogen and oxygen atoms in total. The number of aryl methyl sites for hydroxylation is 1. The molecule has 0 aromatic carbocycles. The second-order valence-corrected chi connectivity index (χ2v) is 4.11. The first-order valence-corrected chi connectivity index (χ1v) is 6.85. The van der Waals surface area contributed by atoms with Gasteiger partial charge in [-0.1, -0.05) is 26.8 Å². The first-order valence-electron chi connectivity index (χ1n) is 6.85. The zero-order chi connectivity index (χ0) is 13.1. The van der Waals surface area contributed by atoms with Gasteiger partial charge in [0.15, 0.2) is 0 Å². The molecule has 2 heteroatoms. The number of hydrogen-bond acceptors (Lipinski definition) is 2. The lowest BCUT2D eigenvalue weighted by Gasteiger charge is -1.95. The smallest absolute Gasteiger partial charge is 0.0372 e. The first-order chi connectivity index (χ1) is 8.27. The van der Waals surface area contributed by atoms with Crippen molar-refractivity contribution >= 4 is 0 Å². The van der Waals surface area contributed by atoms with E-state index in [0.717, 1.165) is 18.2 Å². The van der Waals surface area contributed by atoms with Crippen LogP contribution in [0.25, 0.3) is 0 Å². The van der Waals surface area contributed by atoms with E-state index >= 15 is 0 Å². The number of hydrogen-bond donors (Lipinski definition) is 1. The standard InChI is InChI=1S/C9H11N.C4H11N.C2H6/c1-7-2-3-9(6-10-7)8-4-5-8;1-3-4-5-2;1-2/h2-3,6,8H,4-5H2,1H3;5H,3-4H2,1-2H3;1-2H3. The summed E-state index contributed by atoms with van der Waals surface area (Å²) >= 11 is 0. The fourth-order valence-corrected chi connectivity index (χ4v) is 1.39. The lowest BCUT2D eigenvalue weighted by Crippen LogP contribution is -2.04. The molecule has 1 aromatic heterocycles. The minimum Gasteiger partial charge on any atom is -0.320 e. The van der Waals surface area contributed by atoms with Gasteiger partial charge in [0.05, 0.1) is 0 Å². The second-order valence-electron chi connectivity index (χ2n) is 4.11. The van der Waals surface area contributed by atoms with Crippen molar-refractivity contribution in [2.24, 2.45) is 0 Å². The topological polar surface area (TPSA) is 24.9 Å². The summed E-state index contributed by atoms with van der Waals surface area (Å²) in [6.07, 6.45) is 5.97. The molecule has 0 unspecified atom stereocenters. The van der Waals surface area contributed by atoms with Gasteiger partial charge in [-0.3, -0.25) is 4.98 Å². The van der Waals surface area contributed by atoms with E-state index < -0.39 is 0 Å². The van der Waals surface area contributed by atoms with Crippen LogP contribution in [0, 0.1) is 6.92 Å². The van der Waals surface area contributed by atoms with Crippen LogP contribution in [0.4, 0.5) is 0 Å². The molecule has 2 rings (SSSR count). The van der Waals surface area contributed by atoms with E-state index in [1.807, 2.05) is 34.0 Å². The molecule has 0 bridgehead atoms. The summed E-state index contributed by atoms with van der Waals surface area (Å²) < 4.78 is 0. The van der Waals surface area contributed by atoms with Gasteiger partial charge in [-0.2, -0.15) is 0 Å². The summed E-state index contributed by atoms with van der Waals surface area (Å²) in [7, 11) is 1.96. The molecule has 1 aliphatic carbocycles. The average molecular weight is 236 g/mol. The Bertz CT molecular complexity index is 261. The Labute approximate surface area is 107 Å². The summed E-state index contributed by atoms with van der Waals surface area (Å²) in [6.45, 7) is 9.31. The quantitative estimate of drug-likeness (QED) is 0.860. The van der Waals surface area contributed by atoms with Crippen LogP contribution in [-0.2, 0) is 0 Å². The van der Waals surface area contributed by atoms with E-state index in [2.05, 4.69) is 29.4 Å². The van der Waals surface area contributed by atoms with Gasteiger partial charge >= 0.3 is 0 Å². The summed E-state index contributed by atoms with van der Waals surface area (Å²) in [5, 5.41) is 3.02. The van der Waals surface area contributed by atoms with E-state index in [1.165, 1.54) is 24.8 Å². The van der Waals surface area contributed by atoms with Crippen LogP contribution >= 0.6 is 0 Å². The van der Waals surface area contributed by atoms with Crippen molar-refractivity contribution < 1.29 is 0 Å². The largest absolute Gasteiger partial charge is 0.320 e. The highest BCUT2D eigenvalue weighted by molar-refractivity contribution is 5.21. The highest BCUT2D eigenvalue weighted by atomic mass is 14.8.